The second-order valence-corrected chi connectivity index (χ2v) is 11.2. The maximum Gasteiger partial charge on any atom is 0.307 e. The molecule has 1 aromatic rings. The first-order valence-corrected chi connectivity index (χ1v) is 12.7. The first kappa shape index (κ1) is 23.4. The second kappa shape index (κ2) is 10.9. The van der Waals surface area contributed by atoms with Crippen LogP contribution in [0.15, 0.2) is 24.3 Å². The molecule has 1 aromatic carbocycles. The molecule has 2 fully saturated rings. The van der Waals surface area contributed by atoms with Gasteiger partial charge in [0.05, 0.1) is 24.9 Å². The Bertz CT molecular complexity index is 707. The molecule has 30 heavy (non-hydrogen) atoms. The number of carbonyl (C=O) groups is 1. The van der Waals surface area contributed by atoms with E-state index in [2.05, 4.69) is 49.9 Å². The minimum absolute atomic E-state index is 0.0617. The van der Waals surface area contributed by atoms with Crippen molar-refractivity contribution < 1.29 is 18.5 Å². The van der Waals surface area contributed by atoms with Crippen molar-refractivity contribution in [2.24, 2.45) is 0 Å². The molecule has 5 nitrogen and oxygen atoms in total. The molecule has 1 aliphatic heterocycles. The lowest BCUT2D eigenvalue weighted by molar-refractivity contribution is -0.150. The zero-order valence-electron chi connectivity index (χ0n) is 18.7. The van der Waals surface area contributed by atoms with Crippen LogP contribution in [0.2, 0.25) is 0 Å². The molecule has 1 aliphatic carbocycles. The highest BCUT2D eigenvalue weighted by molar-refractivity contribution is 7.84. The van der Waals surface area contributed by atoms with Crippen LogP contribution in [0, 0.1) is 0 Å². The Labute approximate surface area is 184 Å². The molecule has 0 bridgehead atoms. The number of hydrogen-bond acceptors (Lipinski definition) is 5. The third kappa shape index (κ3) is 6.89. The quantitative estimate of drug-likeness (QED) is 0.610. The Hall–Kier alpha value is -1.24. The van der Waals surface area contributed by atoms with E-state index in [-0.39, 0.29) is 22.7 Å². The number of rotatable bonds is 7. The second-order valence-electron chi connectivity index (χ2n) is 9.53. The van der Waals surface area contributed by atoms with Gasteiger partial charge in [-0.3, -0.25) is 13.9 Å². The predicted octanol–water partition coefficient (Wildman–Crippen LogP) is 3.81. The van der Waals surface area contributed by atoms with Gasteiger partial charge in [-0.15, -0.1) is 0 Å². The summed E-state index contributed by atoms with van der Waals surface area (Å²) in [5, 5.41) is -0.0617. The summed E-state index contributed by atoms with van der Waals surface area (Å²) in [5.74, 6) is 0.363. The van der Waals surface area contributed by atoms with Crippen LogP contribution < -0.4 is 0 Å². The molecule has 0 aromatic heterocycles. The van der Waals surface area contributed by atoms with E-state index in [0.717, 1.165) is 57.6 Å². The van der Waals surface area contributed by atoms with Gasteiger partial charge in [0.15, 0.2) is 0 Å². The first-order chi connectivity index (χ1) is 14.3. The van der Waals surface area contributed by atoms with Crippen molar-refractivity contribution in [3.8, 4) is 0 Å². The van der Waals surface area contributed by atoms with E-state index in [4.69, 9.17) is 9.47 Å². The van der Waals surface area contributed by atoms with Crippen LogP contribution in [0.1, 0.15) is 64.0 Å². The van der Waals surface area contributed by atoms with Gasteiger partial charge in [0.2, 0.25) is 0 Å². The number of hydrogen-bond donors (Lipinski definition) is 0. The Morgan fingerprint density at radius 2 is 1.80 bits per heavy atom. The van der Waals surface area contributed by atoms with Gasteiger partial charge < -0.3 is 9.47 Å². The van der Waals surface area contributed by atoms with Gasteiger partial charge in [-0.2, -0.15) is 0 Å². The third-order valence-electron chi connectivity index (χ3n) is 6.13. The lowest BCUT2D eigenvalue weighted by atomic mass is 9.87. The maximum absolute atomic E-state index is 13.1. The minimum atomic E-state index is -1.04. The van der Waals surface area contributed by atoms with Crippen LogP contribution in [0.25, 0.3) is 0 Å². The van der Waals surface area contributed by atoms with E-state index in [0.29, 0.717) is 18.7 Å². The summed E-state index contributed by atoms with van der Waals surface area (Å²) < 4.78 is 24.3. The van der Waals surface area contributed by atoms with Crippen molar-refractivity contribution >= 4 is 16.8 Å². The monoisotopic (exact) mass is 435 g/mol. The van der Waals surface area contributed by atoms with Gasteiger partial charge in [-0.25, -0.2) is 0 Å². The summed E-state index contributed by atoms with van der Waals surface area (Å²) in [6.07, 6.45) is 3.96. The van der Waals surface area contributed by atoms with Crippen LogP contribution in [-0.2, 0) is 36.2 Å². The smallest absolute Gasteiger partial charge is 0.307 e. The van der Waals surface area contributed by atoms with Gasteiger partial charge in [-0.1, -0.05) is 51.5 Å². The molecular formula is C24H37NO4S. The SMILES string of the molecule is CC(C)(C)c1ccc(C[S@](=O)[C@@H]2CCCC[C@H]2OC(=O)CCN2CCOCC2)cc1. The van der Waals surface area contributed by atoms with Crippen molar-refractivity contribution in [1.29, 1.82) is 0 Å². The number of benzene rings is 1. The average molecular weight is 436 g/mol. The van der Waals surface area contributed by atoms with Crippen molar-refractivity contribution in [3.05, 3.63) is 35.4 Å². The van der Waals surface area contributed by atoms with Crippen LogP contribution >= 0.6 is 0 Å². The van der Waals surface area contributed by atoms with Crippen molar-refractivity contribution in [3.63, 3.8) is 0 Å². The van der Waals surface area contributed by atoms with Crippen molar-refractivity contribution in [2.75, 3.05) is 32.8 Å². The average Bonchev–Trinajstić information content (AvgIpc) is 2.73. The number of nitrogens with zero attached hydrogens (tertiary/aromatic N) is 1. The predicted molar refractivity (Wildman–Crippen MR) is 121 cm³/mol. The number of esters is 1. The van der Waals surface area contributed by atoms with Gasteiger partial charge in [0.1, 0.15) is 6.10 Å². The first-order valence-electron chi connectivity index (χ1n) is 11.3. The van der Waals surface area contributed by atoms with Crippen LogP contribution in [0.5, 0.6) is 0 Å². The molecule has 1 heterocycles. The van der Waals surface area contributed by atoms with E-state index < -0.39 is 10.8 Å². The van der Waals surface area contributed by atoms with Gasteiger partial charge in [0.25, 0.3) is 0 Å². The van der Waals surface area contributed by atoms with E-state index in [9.17, 15) is 9.00 Å². The summed E-state index contributed by atoms with van der Waals surface area (Å²) in [4.78, 5) is 14.7. The zero-order chi connectivity index (χ0) is 21.6. The molecule has 2 aliphatic rings. The normalized spacial score (nSPS) is 24.4. The molecule has 0 spiro atoms. The number of morpholine rings is 1. The summed E-state index contributed by atoms with van der Waals surface area (Å²) in [6.45, 7) is 10.5. The summed E-state index contributed by atoms with van der Waals surface area (Å²) in [5.41, 5.74) is 2.48. The van der Waals surface area contributed by atoms with Gasteiger partial charge >= 0.3 is 5.97 Å². The summed E-state index contributed by atoms with van der Waals surface area (Å²) in [7, 11) is -1.04. The van der Waals surface area contributed by atoms with Crippen LogP contribution in [-0.4, -0.2) is 59.3 Å². The van der Waals surface area contributed by atoms with E-state index in [1.54, 1.807) is 0 Å². The Morgan fingerprint density at radius 1 is 1.13 bits per heavy atom. The highest BCUT2D eigenvalue weighted by atomic mass is 32.2. The highest BCUT2D eigenvalue weighted by Gasteiger charge is 2.33. The summed E-state index contributed by atoms with van der Waals surface area (Å²) in [6, 6.07) is 8.45. The molecule has 3 atom stereocenters. The molecule has 6 heteroatoms. The fourth-order valence-electron chi connectivity index (χ4n) is 4.17. The van der Waals surface area contributed by atoms with E-state index in [1.807, 2.05) is 0 Å². The lowest BCUT2D eigenvalue weighted by Gasteiger charge is -2.31. The fraction of sp³-hybridized carbons (Fsp3) is 0.708. The largest absolute Gasteiger partial charge is 0.461 e. The lowest BCUT2D eigenvalue weighted by Crippen LogP contribution is -2.40. The van der Waals surface area contributed by atoms with Gasteiger partial charge in [0, 0.05) is 36.2 Å². The Balaban J connectivity index is 1.52. The molecule has 3 rings (SSSR count). The fourth-order valence-corrected chi connectivity index (χ4v) is 5.87. The van der Waals surface area contributed by atoms with E-state index in [1.165, 1.54) is 5.56 Å². The number of ether oxygens (including phenoxy) is 2. The molecular weight excluding hydrogens is 398 g/mol. The molecule has 1 saturated heterocycles. The molecule has 0 amide bonds. The highest BCUT2D eigenvalue weighted by Crippen LogP contribution is 2.28. The Morgan fingerprint density at radius 3 is 2.47 bits per heavy atom. The zero-order valence-corrected chi connectivity index (χ0v) is 19.5. The van der Waals surface area contributed by atoms with Crippen molar-refractivity contribution in [1.82, 2.24) is 4.90 Å². The van der Waals surface area contributed by atoms with E-state index >= 15 is 0 Å². The molecule has 1 saturated carbocycles. The van der Waals surface area contributed by atoms with Crippen LogP contribution in [0.4, 0.5) is 0 Å². The third-order valence-corrected chi connectivity index (χ3v) is 7.96. The molecule has 0 radical (unpaired) electrons. The van der Waals surface area contributed by atoms with Crippen LogP contribution in [0.3, 0.4) is 0 Å². The number of carbonyl (C=O) groups excluding carboxylic acids is 1. The minimum Gasteiger partial charge on any atom is -0.461 e. The molecule has 168 valence electrons. The topological polar surface area (TPSA) is 55.8 Å². The summed E-state index contributed by atoms with van der Waals surface area (Å²) >= 11 is 0. The Kier molecular flexibility index (Phi) is 8.49. The van der Waals surface area contributed by atoms with Gasteiger partial charge in [-0.05, 0) is 35.8 Å². The maximum atomic E-state index is 13.1. The molecule has 0 N–H and O–H groups in total. The standard InChI is InChI=1S/C24H37NO4S/c1-24(2,3)20-10-8-19(9-11-20)18-30(27)22-7-5-4-6-21(22)29-23(26)12-13-25-14-16-28-17-15-25/h8-11,21-22H,4-7,12-18H2,1-3H3/t21-,22-,30+/m1/s1. The van der Waals surface area contributed by atoms with Crippen molar-refractivity contribution in [2.45, 2.75) is 75.4 Å². The molecule has 0 unspecified atom stereocenters.